The molecule has 0 saturated carbocycles. The van der Waals surface area contributed by atoms with E-state index in [-0.39, 0.29) is 63.9 Å². The van der Waals surface area contributed by atoms with Gasteiger partial charge in [0, 0.05) is 28.8 Å². The lowest BCUT2D eigenvalue weighted by atomic mass is 9.80. The lowest BCUT2D eigenvalue weighted by molar-refractivity contribution is -0.997. The highest BCUT2D eigenvalue weighted by atomic mass is 16.5. The molecule has 2 aromatic heterocycles. The van der Waals surface area contributed by atoms with Gasteiger partial charge in [0.05, 0.1) is 13.8 Å². The van der Waals surface area contributed by atoms with E-state index in [0.717, 1.165) is 78.2 Å². The van der Waals surface area contributed by atoms with Crippen LogP contribution in [-0.4, -0.2) is 4.57 Å². The van der Waals surface area contributed by atoms with Gasteiger partial charge in [-0.2, -0.15) is 4.57 Å². The summed E-state index contributed by atoms with van der Waals surface area (Å²) in [6.07, 6.45) is -0.293. The number of aryl methyl sites for hydroxylation is 1. The molecule has 0 N–H and O–H groups in total. The minimum atomic E-state index is -1.67. The Morgan fingerprint density at radius 2 is 1.25 bits per heavy atom. The number of hydrogen-bond acceptors (Lipinski definition) is 1. The van der Waals surface area contributed by atoms with Crippen LogP contribution in [0.2, 0.25) is 0 Å². The van der Waals surface area contributed by atoms with Crippen molar-refractivity contribution in [2.45, 2.75) is 72.1 Å². The topological polar surface area (TPSA) is 21.9 Å². The van der Waals surface area contributed by atoms with Gasteiger partial charge in [0.25, 0.3) is 0 Å². The fourth-order valence-corrected chi connectivity index (χ4v) is 10.0. The van der Waals surface area contributed by atoms with E-state index in [1.54, 1.807) is 4.57 Å². The van der Waals surface area contributed by atoms with E-state index in [1.807, 2.05) is 24.3 Å². The third kappa shape index (κ3) is 5.34. The van der Waals surface area contributed by atoms with Crippen LogP contribution in [0.3, 0.4) is 0 Å². The zero-order valence-electron chi connectivity index (χ0n) is 43.8. The van der Waals surface area contributed by atoms with Gasteiger partial charge in [0.15, 0.2) is 17.2 Å². The van der Waals surface area contributed by atoms with Crippen molar-refractivity contribution in [3.63, 3.8) is 0 Å². The fourth-order valence-electron chi connectivity index (χ4n) is 10.0. The van der Waals surface area contributed by atoms with Crippen molar-refractivity contribution < 1.29 is 23.5 Å². The molecule has 1 atom stereocenters. The number of ether oxygens (including phenoxy) is 1. The van der Waals surface area contributed by atoms with Crippen molar-refractivity contribution in [3.8, 4) is 78.6 Å². The predicted octanol–water partition coefficient (Wildman–Crippen LogP) is 13.6. The number of benzene rings is 7. The summed E-state index contributed by atoms with van der Waals surface area (Å²) in [6.45, 7) is 16.8. The third-order valence-electron chi connectivity index (χ3n) is 13.3. The number of fused-ring (bicyclic) bond motifs is 5. The number of hydrogen-bond donors (Lipinski definition) is 0. The molecule has 4 heteroatoms. The van der Waals surface area contributed by atoms with E-state index in [0.29, 0.717) is 17.0 Å². The first-order valence-corrected chi connectivity index (χ1v) is 21.8. The maximum absolute atomic E-state index is 10.2. The zero-order valence-corrected chi connectivity index (χ0v) is 36.8. The lowest BCUT2D eigenvalue weighted by Crippen LogP contribution is -2.78. The first-order chi connectivity index (χ1) is 33.2. The Kier molecular flexibility index (Phi) is 6.38. The largest absolute Gasteiger partial charge is 0.499 e. The van der Waals surface area contributed by atoms with Crippen molar-refractivity contribution in [2.75, 3.05) is 0 Å². The number of para-hydroxylation sites is 2. The number of nitrogens with zero attached hydrogens (tertiary/aromatic N) is 3. The molecule has 3 aliphatic heterocycles. The fraction of sp³-hybridized carbons (Fsp3) is 0.186. The van der Waals surface area contributed by atoms with Crippen LogP contribution in [0.5, 0.6) is 5.75 Å². The second-order valence-corrected chi connectivity index (χ2v) is 19.4. The molecule has 3 aliphatic rings. The van der Waals surface area contributed by atoms with Gasteiger partial charge in [-0.3, -0.25) is 0 Å². The van der Waals surface area contributed by atoms with Crippen LogP contribution < -0.4 is 13.9 Å². The van der Waals surface area contributed by atoms with E-state index < -0.39 is 11.9 Å². The van der Waals surface area contributed by atoms with Gasteiger partial charge in [-0.05, 0) is 118 Å². The van der Waals surface area contributed by atoms with Crippen molar-refractivity contribution in [1.29, 1.82) is 0 Å². The van der Waals surface area contributed by atoms with Crippen LogP contribution in [0.15, 0.2) is 164 Å². The Labute approximate surface area is 380 Å². The molecule has 0 amide bonds. The lowest BCUT2D eigenvalue weighted by Gasteiger charge is -2.33. The highest BCUT2D eigenvalue weighted by Gasteiger charge is 2.68. The van der Waals surface area contributed by atoms with E-state index in [2.05, 4.69) is 155 Å². The summed E-state index contributed by atoms with van der Waals surface area (Å²) in [5.41, 5.74) is 14.1. The molecule has 5 heterocycles. The minimum Gasteiger partial charge on any atom is -0.392 e. The Balaban J connectivity index is 1.25. The summed E-state index contributed by atoms with van der Waals surface area (Å²) < 4.78 is 79.8. The molecule has 1 unspecified atom stereocenters. The third-order valence-corrected chi connectivity index (χ3v) is 13.3. The van der Waals surface area contributed by atoms with Gasteiger partial charge in [0.1, 0.15) is 23.9 Å². The first kappa shape index (κ1) is 30.9. The maximum atomic E-state index is 10.2. The van der Waals surface area contributed by atoms with Crippen LogP contribution in [0.4, 0.5) is 0 Å². The van der Waals surface area contributed by atoms with Gasteiger partial charge in [0.2, 0.25) is 5.69 Å². The van der Waals surface area contributed by atoms with Gasteiger partial charge < -0.3 is 4.74 Å². The van der Waals surface area contributed by atoms with Crippen LogP contribution in [0, 0.1) is 13.8 Å². The maximum Gasteiger partial charge on any atom is 0.499 e. The molecule has 12 rings (SSSR count). The molecule has 4 nitrogen and oxygen atoms in total. The second kappa shape index (κ2) is 13.0. The van der Waals surface area contributed by atoms with Gasteiger partial charge in [-0.25, -0.2) is 0 Å². The Hall–Kier alpha value is -7.04. The van der Waals surface area contributed by atoms with Crippen LogP contribution in [0.1, 0.15) is 79.0 Å². The van der Waals surface area contributed by atoms with Gasteiger partial charge in [-0.1, -0.05) is 144 Å². The average Bonchev–Trinajstić information content (AvgIpc) is 3.84. The quantitative estimate of drug-likeness (QED) is 0.162. The summed E-state index contributed by atoms with van der Waals surface area (Å²) in [4.78, 5) is 0. The Morgan fingerprint density at radius 1 is 0.571 bits per heavy atom. The van der Waals surface area contributed by atoms with Crippen molar-refractivity contribution in [2.24, 2.45) is 0 Å². The molecule has 0 fully saturated rings. The summed E-state index contributed by atoms with van der Waals surface area (Å²) in [5.74, 6) is -0.322. The molecule has 7 aromatic carbocycles. The molecule has 0 radical (unpaired) electrons. The number of aromatic nitrogens is 3. The summed E-state index contributed by atoms with van der Waals surface area (Å²) in [5, 5.41) is 0. The molecule has 63 heavy (non-hydrogen) atoms. The van der Waals surface area contributed by atoms with Crippen molar-refractivity contribution in [3.05, 3.63) is 192 Å². The van der Waals surface area contributed by atoms with E-state index in [1.165, 1.54) is 12.5 Å². The number of imidazole rings is 1. The Morgan fingerprint density at radius 3 is 2.00 bits per heavy atom. The van der Waals surface area contributed by atoms with Crippen molar-refractivity contribution >= 4 is 11.0 Å². The van der Waals surface area contributed by atoms with Crippen LogP contribution in [0.25, 0.3) is 83.9 Å². The SMILES string of the molecule is [2H]c1c([2H])c(-c2c([2H])c([2H])[n+]3c(c2[2H])-c2cc(C(C)(C)C)cc4c2C32Oc3ccccc3-c3n(-c5cc(C)c(-c6ccc(C(C)(C)C)cc6)cc5-c5ccccc5)c5cccc-4c5[n+]32)c([2H])c([2H])c1C. The number of pyridine rings is 1. The molecule has 306 valence electrons. The smallest absolute Gasteiger partial charge is 0.392 e. The molecular formula is C59H51N3O+2. The molecule has 0 aliphatic carbocycles. The Bertz CT molecular complexity index is 3780. The van der Waals surface area contributed by atoms with Gasteiger partial charge in [-0.15, -0.1) is 9.13 Å². The average molecular weight is 825 g/mol. The van der Waals surface area contributed by atoms with Crippen molar-refractivity contribution in [1.82, 2.24) is 4.57 Å². The predicted molar refractivity (Wildman–Crippen MR) is 256 cm³/mol. The van der Waals surface area contributed by atoms with E-state index >= 15 is 0 Å². The molecule has 0 saturated heterocycles. The van der Waals surface area contributed by atoms with Crippen LogP contribution in [-0.2, 0) is 16.7 Å². The summed E-state index contributed by atoms with van der Waals surface area (Å²) in [7, 11) is 0. The molecule has 0 bridgehead atoms. The second-order valence-electron chi connectivity index (χ2n) is 19.4. The zero-order chi connectivity index (χ0) is 49.2. The van der Waals surface area contributed by atoms with Gasteiger partial charge >= 0.3 is 11.7 Å². The normalized spacial score (nSPS) is 17.0. The highest BCUT2D eigenvalue weighted by Crippen LogP contribution is 2.54. The monoisotopic (exact) mass is 824 g/mol. The van der Waals surface area contributed by atoms with E-state index in [4.69, 9.17) is 10.2 Å². The molecule has 9 aromatic rings. The standard InChI is InChI=1S/C59H51N3O/c1-36-21-23-38(24-22-36)41-29-30-60-51(32-41)49-34-43(58(6,7)8)33-48-44-18-14-19-50-55(44)62-56(45-17-12-13-20-53(45)63-59(60,62)54(48)49)61(50)52-31-37(2)46(35-47(52)39-15-10-9-11-16-39)40-25-27-42(28-26-40)57(3,4)5/h9-35H,1-8H3/q+2/i21D,22D,23D,24D,29D,30D,32D. The highest BCUT2D eigenvalue weighted by molar-refractivity contribution is 5.99. The molecule has 1 spiro atoms. The first-order valence-electron chi connectivity index (χ1n) is 25.3. The van der Waals surface area contributed by atoms with E-state index in [9.17, 15) is 4.11 Å². The minimum absolute atomic E-state index is 0.00964. The van der Waals surface area contributed by atoms with Crippen LogP contribution >= 0.6 is 0 Å². The summed E-state index contributed by atoms with van der Waals surface area (Å²) in [6, 6.07) is 40.8. The molecular weight excluding hydrogens is 767 g/mol. The summed E-state index contributed by atoms with van der Waals surface area (Å²) >= 11 is 0. The number of rotatable bonds is 4.